The summed E-state index contributed by atoms with van der Waals surface area (Å²) >= 11 is -1.75. The minimum absolute atomic E-state index is 0.448. The van der Waals surface area contributed by atoms with Gasteiger partial charge in [-0.05, 0) is 20.3 Å². The standard InChI is InChI=1S/C7H16O.H2O.O.Ti/c1-4-5-6-7(2,3)8;;;/h8H,4-6H2,1-3H3;1H2;;/q;;;+1/p-1. The van der Waals surface area contributed by atoms with E-state index in [9.17, 15) is 0 Å². The summed E-state index contributed by atoms with van der Waals surface area (Å²) in [5.41, 5.74) is -0.448. The van der Waals surface area contributed by atoms with Gasteiger partial charge < -0.3 is 5.11 Å². The Morgan fingerprint density at radius 2 is 1.82 bits per heavy atom. The van der Waals surface area contributed by atoms with Crippen molar-refractivity contribution in [1.82, 2.24) is 0 Å². The van der Waals surface area contributed by atoms with Gasteiger partial charge >= 0.3 is 26.5 Å². The zero-order valence-corrected chi connectivity index (χ0v) is 8.99. The molecule has 0 aliphatic carbocycles. The van der Waals surface area contributed by atoms with E-state index < -0.39 is 25.1 Å². The Labute approximate surface area is 77.5 Å². The normalized spacial score (nSPS) is 9.55. The summed E-state index contributed by atoms with van der Waals surface area (Å²) < 4.78 is 15.8. The molecule has 0 saturated heterocycles. The van der Waals surface area contributed by atoms with Crippen LogP contribution in [0.25, 0.3) is 0 Å². The molecule has 0 fully saturated rings. The van der Waals surface area contributed by atoms with Crippen LogP contribution in [0, 0.1) is 0 Å². The molecule has 0 aromatic heterocycles. The molecule has 0 rings (SSSR count). The van der Waals surface area contributed by atoms with Gasteiger partial charge in [0.1, 0.15) is 0 Å². The fraction of sp³-hybridized carbons (Fsp3) is 1.00. The molecule has 2 N–H and O–H groups in total. The maximum absolute atomic E-state index is 9.15. The third-order valence-electron chi connectivity index (χ3n) is 1.14. The molecule has 0 aliphatic heterocycles. The molecule has 0 unspecified atom stereocenters. The first-order valence-electron chi connectivity index (χ1n) is 3.71. The van der Waals surface area contributed by atoms with Crippen molar-refractivity contribution in [1.29, 1.82) is 0 Å². The molecule has 67 valence electrons. The molecular formula is C7H17O3Ti. The van der Waals surface area contributed by atoms with Crippen molar-refractivity contribution >= 4 is 0 Å². The summed E-state index contributed by atoms with van der Waals surface area (Å²) in [5.74, 6) is 0. The fourth-order valence-corrected chi connectivity index (χ4v) is 0.609. The zero-order valence-electron chi connectivity index (χ0n) is 7.42. The minimum atomic E-state index is -1.75. The van der Waals surface area contributed by atoms with E-state index in [0.29, 0.717) is 0 Å². The van der Waals surface area contributed by atoms with E-state index in [-0.39, 0.29) is 0 Å². The average Bonchev–Trinajstić information content (AvgIpc) is 1.84. The van der Waals surface area contributed by atoms with E-state index in [1.165, 1.54) is 6.42 Å². The summed E-state index contributed by atoms with van der Waals surface area (Å²) in [6, 6.07) is 0. The van der Waals surface area contributed by atoms with Crippen LogP contribution in [-0.4, -0.2) is 14.4 Å². The number of rotatable bonds is 3. The summed E-state index contributed by atoms with van der Waals surface area (Å²) in [7, 11) is 0. The third kappa shape index (κ3) is 25.1. The summed E-state index contributed by atoms with van der Waals surface area (Å²) in [5, 5.41) is 9.15. The Hall–Kier alpha value is 0.434. The number of hydrogen-bond donors (Lipinski definition) is 2. The van der Waals surface area contributed by atoms with Crippen LogP contribution < -0.4 is 0 Å². The maximum atomic E-state index is 9.15. The molecule has 3 nitrogen and oxygen atoms in total. The molecule has 0 amide bonds. The molecule has 0 spiro atoms. The van der Waals surface area contributed by atoms with E-state index in [4.69, 9.17) is 12.1 Å². The molecule has 4 heteroatoms. The van der Waals surface area contributed by atoms with Crippen molar-refractivity contribution in [3.63, 3.8) is 0 Å². The molecule has 0 aromatic rings. The van der Waals surface area contributed by atoms with Crippen molar-refractivity contribution in [3.8, 4) is 0 Å². The van der Waals surface area contributed by atoms with Gasteiger partial charge in [0.05, 0.1) is 5.60 Å². The van der Waals surface area contributed by atoms with Gasteiger partial charge in [-0.3, -0.25) is 0 Å². The van der Waals surface area contributed by atoms with E-state index >= 15 is 0 Å². The second kappa shape index (κ2) is 8.53. The molecule has 0 aliphatic rings. The zero-order chi connectivity index (χ0) is 9.33. The van der Waals surface area contributed by atoms with Gasteiger partial charge in [0.25, 0.3) is 0 Å². The predicted octanol–water partition coefficient (Wildman–Crippen LogP) is 1.27. The number of hydrogen-bond acceptors (Lipinski definition) is 2. The van der Waals surface area contributed by atoms with Crippen LogP contribution in [0.1, 0.15) is 40.0 Å². The topological polar surface area (TPSA) is 57.5 Å². The van der Waals surface area contributed by atoms with Crippen molar-refractivity contribution < 1.29 is 31.6 Å². The molecule has 0 bridgehead atoms. The Morgan fingerprint density at radius 3 is 1.91 bits per heavy atom. The Kier molecular flexibility index (Phi) is 10.8. The first-order valence-corrected chi connectivity index (χ1v) is 5.05. The van der Waals surface area contributed by atoms with E-state index in [1.54, 1.807) is 0 Å². The summed E-state index contributed by atoms with van der Waals surface area (Å²) in [6.07, 6.45) is 3.22. The summed E-state index contributed by atoms with van der Waals surface area (Å²) in [6.45, 7) is 5.83. The molecular weight excluding hydrogens is 180 g/mol. The quantitative estimate of drug-likeness (QED) is 0.669. The Morgan fingerprint density at radius 1 is 1.45 bits per heavy atom. The van der Waals surface area contributed by atoms with Crippen LogP contribution >= 0.6 is 0 Å². The molecule has 11 heavy (non-hydrogen) atoms. The van der Waals surface area contributed by atoms with Crippen LogP contribution in [-0.2, 0) is 22.8 Å². The number of unbranched alkanes of at least 4 members (excludes halogenated alkanes) is 1. The monoisotopic (exact) mass is 197 g/mol. The molecule has 0 radical (unpaired) electrons. The van der Waals surface area contributed by atoms with Gasteiger partial charge in [-0.1, -0.05) is 19.8 Å². The summed E-state index contributed by atoms with van der Waals surface area (Å²) in [4.78, 5) is 0. The van der Waals surface area contributed by atoms with Crippen LogP contribution in [0.4, 0.5) is 0 Å². The van der Waals surface area contributed by atoms with Gasteiger partial charge in [-0.25, -0.2) is 0 Å². The van der Waals surface area contributed by atoms with Crippen LogP contribution in [0.2, 0.25) is 0 Å². The molecule has 0 atom stereocenters. The first-order chi connectivity index (χ1) is 4.97. The van der Waals surface area contributed by atoms with Crippen LogP contribution in [0.5, 0.6) is 0 Å². The first kappa shape index (κ1) is 14.0. The Bertz CT molecular complexity index is 88.2. The predicted molar refractivity (Wildman–Crippen MR) is 38.7 cm³/mol. The molecule has 0 saturated carbocycles. The van der Waals surface area contributed by atoms with Gasteiger partial charge in [0, 0.05) is 0 Å². The van der Waals surface area contributed by atoms with Crippen LogP contribution in [0.3, 0.4) is 0 Å². The average molecular weight is 197 g/mol. The fourth-order valence-electron chi connectivity index (χ4n) is 0.609. The van der Waals surface area contributed by atoms with Gasteiger partial charge in [0.2, 0.25) is 0 Å². The van der Waals surface area contributed by atoms with E-state index in [0.717, 1.165) is 12.8 Å². The van der Waals surface area contributed by atoms with E-state index in [1.807, 2.05) is 13.8 Å². The molecule has 0 aromatic carbocycles. The van der Waals surface area contributed by atoms with Crippen molar-refractivity contribution in [2.75, 3.05) is 0 Å². The SMILES string of the molecule is CCCCC(C)(C)O.[O]=[Ti][OH]. The van der Waals surface area contributed by atoms with Gasteiger partial charge in [0.15, 0.2) is 0 Å². The van der Waals surface area contributed by atoms with Gasteiger partial charge in [-0.15, -0.1) is 0 Å². The van der Waals surface area contributed by atoms with Gasteiger partial charge in [-0.2, -0.15) is 0 Å². The van der Waals surface area contributed by atoms with Crippen molar-refractivity contribution in [3.05, 3.63) is 0 Å². The Balaban J connectivity index is 0. The second-order valence-electron chi connectivity index (χ2n) is 3.01. The number of aliphatic hydroxyl groups is 1. The van der Waals surface area contributed by atoms with Crippen LogP contribution in [0.15, 0.2) is 0 Å². The third-order valence-corrected chi connectivity index (χ3v) is 1.14. The molecule has 0 heterocycles. The van der Waals surface area contributed by atoms with Crippen molar-refractivity contribution in [2.24, 2.45) is 0 Å². The second-order valence-corrected chi connectivity index (χ2v) is 3.29. The van der Waals surface area contributed by atoms with Crippen molar-refractivity contribution in [2.45, 2.75) is 45.6 Å². The van der Waals surface area contributed by atoms with E-state index in [2.05, 4.69) is 6.92 Å².